The molecule has 0 spiro atoms. The van der Waals surface area contributed by atoms with E-state index < -0.39 is 12.4 Å². The molecule has 3 atom stereocenters. The Kier molecular flexibility index (Phi) is 9.15. The predicted octanol–water partition coefficient (Wildman–Crippen LogP) is 3.83. The molecule has 3 unspecified atom stereocenters. The van der Waals surface area contributed by atoms with Crippen LogP contribution >= 0.6 is 0 Å². The van der Waals surface area contributed by atoms with Crippen molar-refractivity contribution in [2.75, 3.05) is 19.8 Å². The Labute approximate surface area is 172 Å². The molecule has 0 saturated carbocycles. The molecule has 1 aromatic carbocycles. The molecular formula is C23H33NO5. The summed E-state index contributed by atoms with van der Waals surface area (Å²) in [6.45, 7) is 1.89. The van der Waals surface area contributed by atoms with Gasteiger partial charge in [0.15, 0.2) is 6.29 Å². The second-order valence-electron chi connectivity index (χ2n) is 7.74. The molecule has 29 heavy (non-hydrogen) atoms. The maximum Gasteiger partial charge on any atom is 0.157 e. The molecule has 0 aliphatic carbocycles. The van der Waals surface area contributed by atoms with E-state index in [4.69, 9.17) is 14.2 Å². The second-order valence-corrected chi connectivity index (χ2v) is 7.74. The Morgan fingerprint density at radius 2 is 1.76 bits per heavy atom. The summed E-state index contributed by atoms with van der Waals surface area (Å²) in [5.41, 5.74) is 0.991. The Bertz CT molecular complexity index is 715. The third-order valence-corrected chi connectivity index (χ3v) is 5.19. The minimum atomic E-state index is -0.866. The smallest absolute Gasteiger partial charge is 0.157 e. The van der Waals surface area contributed by atoms with Gasteiger partial charge in [0.25, 0.3) is 0 Å². The van der Waals surface area contributed by atoms with E-state index in [9.17, 15) is 10.2 Å². The van der Waals surface area contributed by atoms with Gasteiger partial charge in [0, 0.05) is 31.0 Å². The third kappa shape index (κ3) is 7.90. The molecule has 2 heterocycles. The number of benzene rings is 1. The highest BCUT2D eigenvalue weighted by Crippen LogP contribution is 2.20. The van der Waals surface area contributed by atoms with Gasteiger partial charge < -0.3 is 24.4 Å². The summed E-state index contributed by atoms with van der Waals surface area (Å²) in [5.74, 6) is 0.907. The molecule has 6 heteroatoms. The van der Waals surface area contributed by atoms with Gasteiger partial charge in [0.2, 0.25) is 0 Å². The maximum atomic E-state index is 9.61. The molecule has 1 aliphatic rings. The molecule has 6 nitrogen and oxygen atoms in total. The summed E-state index contributed by atoms with van der Waals surface area (Å²) >= 11 is 0. The number of aliphatic hydroxyl groups is 2. The van der Waals surface area contributed by atoms with Crippen molar-refractivity contribution in [2.45, 2.75) is 69.9 Å². The highest BCUT2D eigenvalue weighted by Gasteiger charge is 2.26. The van der Waals surface area contributed by atoms with E-state index in [1.807, 2.05) is 30.3 Å². The van der Waals surface area contributed by atoms with E-state index in [2.05, 4.69) is 4.98 Å². The first-order valence-corrected chi connectivity index (χ1v) is 10.8. The van der Waals surface area contributed by atoms with E-state index in [-0.39, 0.29) is 6.10 Å². The first-order valence-electron chi connectivity index (χ1n) is 10.8. The first kappa shape index (κ1) is 22.0. The van der Waals surface area contributed by atoms with E-state index in [1.165, 1.54) is 19.3 Å². The number of unbranched alkanes of at least 4 members (excludes halogenated alkanes) is 5. The van der Waals surface area contributed by atoms with Crippen molar-refractivity contribution in [1.82, 2.24) is 4.98 Å². The molecule has 3 rings (SSSR count). The molecule has 0 bridgehead atoms. The SMILES string of the molecule is OC1CC(O)OC(COCCCCCCCCOc2ccc3ncccc3c2)C1. The largest absolute Gasteiger partial charge is 0.494 e. The molecule has 2 N–H and O–H groups in total. The Hall–Kier alpha value is -1.73. The van der Waals surface area contributed by atoms with Crippen molar-refractivity contribution in [3.05, 3.63) is 36.5 Å². The average molecular weight is 404 g/mol. The number of fused-ring (bicyclic) bond motifs is 1. The van der Waals surface area contributed by atoms with Crippen LogP contribution in [0.4, 0.5) is 0 Å². The maximum absolute atomic E-state index is 9.61. The highest BCUT2D eigenvalue weighted by atomic mass is 16.6. The first-order chi connectivity index (χ1) is 14.2. The fourth-order valence-electron chi connectivity index (χ4n) is 3.63. The number of ether oxygens (including phenoxy) is 3. The molecule has 1 aromatic heterocycles. The quantitative estimate of drug-likeness (QED) is 0.524. The van der Waals surface area contributed by atoms with Gasteiger partial charge >= 0.3 is 0 Å². The van der Waals surface area contributed by atoms with Crippen LogP contribution < -0.4 is 4.74 Å². The standard InChI is InChI=1S/C23H33NO5/c25-19-15-21(29-23(26)16-19)17-27-12-5-3-1-2-4-6-13-28-20-9-10-22-18(14-20)8-7-11-24-22/h7-11,14,19,21,23,25-26H,1-6,12-13,15-17H2. The second kappa shape index (κ2) is 12.1. The van der Waals surface area contributed by atoms with Gasteiger partial charge in [0.1, 0.15) is 5.75 Å². The lowest BCUT2D eigenvalue weighted by Gasteiger charge is -2.30. The van der Waals surface area contributed by atoms with E-state index in [1.54, 1.807) is 6.20 Å². The summed E-state index contributed by atoms with van der Waals surface area (Å²) in [7, 11) is 0. The average Bonchev–Trinajstić information content (AvgIpc) is 2.71. The van der Waals surface area contributed by atoms with Crippen molar-refractivity contribution in [1.29, 1.82) is 0 Å². The van der Waals surface area contributed by atoms with Crippen LogP contribution in [0, 0.1) is 0 Å². The number of nitrogens with zero attached hydrogens (tertiary/aromatic N) is 1. The summed E-state index contributed by atoms with van der Waals surface area (Å²) in [5, 5.41) is 20.2. The third-order valence-electron chi connectivity index (χ3n) is 5.19. The van der Waals surface area contributed by atoms with Crippen LogP contribution in [0.5, 0.6) is 5.75 Å². The van der Waals surface area contributed by atoms with Crippen LogP contribution in [0.15, 0.2) is 36.5 Å². The lowest BCUT2D eigenvalue weighted by molar-refractivity contribution is -0.201. The molecule has 1 aliphatic heterocycles. The summed E-state index contributed by atoms with van der Waals surface area (Å²) < 4.78 is 16.8. The van der Waals surface area contributed by atoms with Crippen molar-refractivity contribution in [2.24, 2.45) is 0 Å². The fourth-order valence-corrected chi connectivity index (χ4v) is 3.63. The monoisotopic (exact) mass is 403 g/mol. The number of hydrogen-bond donors (Lipinski definition) is 2. The van der Waals surface area contributed by atoms with Crippen molar-refractivity contribution in [3.8, 4) is 5.75 Å². The van der Waals surface area contributed by atoms with Gasteiger partial charge in [-0.05, 0) is 37.1 Å². The van der Waals surface area contributed by atoms with Crippen molar-refractivity contribution in [3.63, 3.8) is 0 Å². The van der Waals surface area contributed by atoms with Crippen LogP contribution in [0.25, 0.3) is 10.9 Å². The minimum absolute atomic E-state index is 0.201. The van der Waals surface area contributed by atoms with Crippen LogP contribution in [-0.4, -0.2) is 53.5 Å². The summed E-state index contributed by atoms with van der Waals surface area (Å²) in [6.07, 6.45) is 7.88. The van der Waals surface area contributed by atoms with E-state index in [0.717, 1.165) is 42.5 Å². The molecule has 160 valence electrons. The fraction of sp³-hybridized carbons (Fsp3) is 0.609. The molecule has 1 saturated heterocycles. The number of pyridine rings is 1. The number of hydrogen-bond acceptors (Lipinski definition) is 6. The molecule has 1 fully saturated rings. The van der Waals surface area contributed by atoms with Crippen LogP contribution in [-0.2, 0) is 9.47 Å². The number of rotatable bonds is 12. The lowest BCUT2D eigenvalue weighted by Crippen LogP contribution is -2.38. The Balaban J connectivity index is 1.14. The highest BCUT2D eigenvalue weighted by molar-refractivity contribution is 5.79. The van der Waals surface area contributed by atoms with Crippen LogP contribution in [0.1, 0.15) is 51.4 Å². The zero-order valence-corrected chi connectivity index (χ0v) is 17.0. The van der Waals surface area contributed by atoms with Gasteiger partial charge in [-0.25, -0.2) is 0 Å². The normalized spacial score (nSPS) is 22.1. The van der Waals surface area contributed by atoms with Gasteiger partial charge in [-0.3, -0.25) is 4.98 Å². The Morgan fingerprint density at radius 3 is 2.59 bits per heavy atom. The topological polar surface area (TPSA) is 81.0 Å². The Morgan fingerprint density at radius 1 is 0.966 bits per heavy atom. The molecular weight excluding hydrogens is 370 g/mol. The molecule has 0 radical (unpaired) electrons. The van der Waals surface area contributed by atoms with E-state index >= 15 is 0 Å². The van der Waals surface area contributed by atoms with Gasteiger partial charge in [0.05, 0.1) is 30.9 Å². The van der Waals surface area contributed by atoms with E-state index in [0.29, 0.717) is 26.1 Å². The minimum Gasteiger partial charge on any atom is -0.494 e. The number of aliphatic hydroxyl groups excluding tert-OH is 2. The lowest BCUT2D eigenvalue weighted by atomic mass is 10.1. The van der Waals surface area contributed by atoms with Crippen molar-refractivity contribution >= 4 is 10.9 Å². The van der Waals surface area contributed by atoms with Crippen LogP contribution in [0.2, 0.25) is 0 Å². The van der Waals surface area contributed by atoms with Gasteiger partial charge in [-0.15, -0.1) is 0 Å². The molecule has 0 amide bonds. The van der Waals surface area contributed by atoms with Crippen molar-refractivity contribution < 1.29 is 24.4 Å². The summed E-state index contributed by atoms with van der Waals surface area (Å²) in [4.78, 5) is 4.32. The molecule has 2 aromatic rings. The zero-order chi connectivity index (χ0) is 20.3. The number of aromatic nitrogens is 1. The predicted molar refractivity (Wildman–Crippen MR) is 112 cm³/mol. The summed E-state index contributed by atoms with van der Waals surface area (Å²) in [6, 6.07) is 10.0. The van der Waals surface area contributed by atoms with Gasteiger partial charge in [-0.1, -0.05) is 31.7 Å². The van der Waals surface area contributed by atoms with Gasteiger partial charge in [-0.2, -0.15) is 0 Å². The zero-order valence-electron chi connectivity index (χ0n) is 17.0. The van der Waals surface area contributed by atoms with Crippen LogP contribution in [0.3, 0.4) is 0 Å².